The number of anilines is 1. The van der Waals surface area contributed by atoms with Gasteiger partial charge in [-0.2, -0.15) is 0 Å². The highest BCUT2D eigenvalue weighted by Gasteiger charge is 2.20. The molecule has 4 heteroatoms. The van der Waals surface area contributed by atoms with E-state index in [9.17, 15) is 0 Å². The zero-order valence-corrected chi connectivity index (χ0v) is 9.29. The smallest absolute Gasteiger partial charge is 0.193 e. The van der Waals surface area contributed by atoms with Crippen molar-refractivity contribution in [1.29, 1.82) is 0 Å². The van der Waals surface area contributed by atoms with E-state index in [1.165, 1.54) is 12.8 Å². The summed E-state index contributed by atoms with van der Waals surface area (Å²) in [5.74, 6) is 0.505. The monoisotopic (exact) mass is 253 g/mol. The molecule has 0 atom stereocenters. The number of hydrogen-bond acceptors (Lipinski definition) is 1. The Kier molecular flexibility index (Phi) is 2.72. The molecule has 2 rings (SSSR count). The number of aliphatic imine (C=N–C) groups is 1. The van der Waals surface area contributed by atoms with Crippen molar-refractivity contribution in [1.82, 2.24) is 0 Å². The fourth-order valence-electron chi connectivity index (χ4n) is 1.15. The summed E-state index contributed by atoms with van der Waals surface area (Å²) in [7, 11) is 0. The van der Waals surface area contributed by atoms with Gasteiger partial charge in [-0.1, -0.05) is 22.0 Å². The highest BCUT2D eigenvalue weighted by Crippen LogP contribution is 2.23. The zero-order chi connectivity index (χ0) is 9.97. The molecule has 1 aromatic rings. The van der Waals surface area contributed by atoms with E-state index in [2.05, 4.69) is 26.2 Å². The molecule has 3 nitrogen and oxygen atoms in total. The first-order valence-electron chi connectivity index (χ1n) is 4.60. The van der Waals surface area contributed by atoms with Gasteiger partial charge in [-0.3, -0.25) is 0 Å². The Labute approximate surface area is 91.5 Å². The van der Waals surface area contributed by atoms with Crippen molar-refractivity contribution in [2.45, 2.75) is 18.9 Å². The number of rotatable bonds is 2. The van der Waals surface area contributed by atoms with Crippen molar-refractivity contribution in [3.05, 3.63) is 28.7 Å². The van der Waals surface area contributed by atoms with Crippen LogP contribution in [0.25, 0.3) is 0 Å². The van der Waals surface area contributed by atoms with Crippen molar-refractivity contribution in [2.24, 2.45) is 10.7 Å². The van der Waals surface area contributed by atoms with Gasteiger partial charge in [0.1, 0.15) is 0 Å². The molecule has 0 amide bonds. The number of benzene rings is 1. The van der Waals surface area contributed by atoms with Crippen LogP contribution in [0, 0.1) is 0 Å². The molecule has 14 heavy (non-hydrogen) atoms. The molecular weight excluding hydrogens is 242 g/mol. The first kappa shape index (κ1) is 9.52. The van der Waals surface area contributed by atoms with E-state index in [-0.39, 0.29) is 0 Å². The first-order valence-corrected chi connectivity index (χ1v) is 5.39. The maximum absolute atomic E-state index is 5.72. The summed E-state index contributed by atoms with van der Waals surface area (Å²) in [5.41, 5.74) is 6.68. The molecule has 3 N–H and O–H groups in total. The summed E-state index contributed by atoms with van der Waals surface area (Å²) < 4.78 is 1.03. The van der Waals surface area contributed by atoms with E-state index in [1.807, 2.05) is 24.3 Å². The quantitative estimate of drug-likeness (QED) is 0.628. The molecule has 0 saturated heterocycles. The molecular formula is C10H12BrN3. The number of halogens is 1. The van der Waals surface area contributed by atoms with Crippen molar-refractivity contribution in [3.8, 4) is 0 Å². The largest absolute Gasteiger partial charge is 0.370 e. The van der Waals surface area contributed by atoms with E-state index in [1.54, 1.807) is 0 Å². The van der Waals surface area contributed by atoms with Gasteiger partial charge in [0.25, 0.3) is 0 Å². The third-order valence-corrected chi connectivity index (χ3v) is 2.46. The molecule has 1 aliphatic carbocycles. The Balaban J connectivity index is 2.02. The Bertz CT molecular complexity index is 358. The predicted octanol–water partition coefficient (Wildman–Crippen LogP) is 2.34. The van der Waals surface area contributed by atoms with Crippen molar-refractivity contribution in [3.63, 3.8) is 0 Å². The number of nitrogens with zero attached hydrogens (tertiary/aromatic N) is 1. The molecule has 0 radical (unpaired) electrons. The maximum Gasteiger partial charge on any atom is 0.193 e. The van der Waals surface area contributed by atoms with Gasteiger partial charge in [-0.25, -0.2) is 4.99 Å². The van der Waals surface area contributed by atoms with Crippen LogP contribution in [0.3, 0.4) is 0 Å². The number of nitrogens with one attached hydrogen (secondary N) is 1. The molecule has 0 aliphatic heterocycles. The Hall–Kier alpha value is -1.03. The normalized spacial score (nSPS) is 16.8. The molecule has 74 valence electrons. The van der Waals surface area contributed by atoms with Crippen LogP contribution in [0.2, 0.25) is 0 Å². The lowest BCUT2D eigenvalue weighted by atomic mass is 10.3. The van der Waals surface area contributed by atoms with Gasteiger partial charge in [-0.05, 0) is 31.0 Å². The molecule has 1 fully saturated rings. The minimum absolute atomic E-state index is 0.453. The summed E-state index contributed by atoms with van der Waals surface area (Å²) >= 11 is 3.39. The number of hydrogen-bond donors (Lipinski definition) is 2. The van der Waals surface area contributed by atoms with E-state index < -0.39 is 0 Å². The van der Waals surface area contributed by atoms with Crippen LogP contribution >= 0.6 is 15.9 Å². The molecule has 1 saturated carbocycles. The molecule has 0 aromatic heterocycles. The number of guanidine groups is 1. The van der Waals surface area contributed by atoms with Gasteiger partial charge in [0.05, 0.1) is 6.04 Å². The van der Waals surface area contributed by atoms with Crippen LogP contribution in [0.5, 0.6) is 0 Å². The lowest BCUT2D eigenvalue weighted by Gasteiger charge is -2.05. The van der Waals surface area contributed by atoms with Crippen LogP contribution in [0.4, 0.5) is 5.69 Å². The second-order valence-corrected chi connectivity index (χ2v) is 4.30. The topological polar surface area (TPSA) is 50.4 Å². The second-order valence-electron chi connectivity index (χ2n) is 3.38. The SMILES string of the molecule is NC(=NC1CC1)Nc1cccc(Br)c1. The average Bonchev–Trinajstić information content (AvgIpc) is 2.87. The third-order valence-electron chi connectivity index (χ3n) is 1.97. The van der Waals surface area contributed by atoms with Crippen molar-refractivity contribution >= 4 is 27.6 Å². The third kappa shape index (κ3) is 2.73. The van der Waals surface area contributed by atoms with E-state index in [4.69, 9.17) is 5.73 Å². The minimum Gasteiger partial charge on any atom is -0.370 e. The van der Waals surface area contributed by atoms with Crippen molar-refractivity contribution in [2.75, 3.05) is 5.32 Å². The van der Waals surface area contributed by atoms with Crippen molar-refractivity contribution < 1.29 is 0 Å². The van der Waals surface area contributed by atoms with Crippen LogP contribution in [0.1, 0.15) is 12.8 Å². The lowest BCUT2D eigenvalue weighted by Crippen LogP contribution is -2.22. The summed E-state index contributed by atoms with van der Waals surface area (Å²) in [6, 6.07) is 8.31. The predicted molar refractivity (Wildman–Crippen MR) is 62.4 cm³/mol. The van der Waals surface area contributed by atoms with E-state index >= 15 is 0 Å². The maximum atomic E-state index is 5.72. The molecule has 0 spiro atoms. The van der Waals surface area contributed by atoms with Crippen LogP contribution in [0.15, 0.2) is 33.7 Å². The fraction of sp³-hybridized carbons (Fsp3) is 0.300. The molecule has 1 aliphatic rings. The van der Waals surface area contributed by atoms with Gasteiger partial charge in [0.15, 0.2) is 5.96 Å². The second kappa shape index (κ2) is 4.00. The summed E-state index contributed by atoms with van der Waals surface area (Å²) in [6.45, 7) is 0. The molecule has 1 aromatic carbocycles. The minimum atomic E-state index is 0.453. The summed E-state index contributed by atoms with van der Waals surface area (Å²) in [4.78, 5) is 4.28. The standard InChI is InChI=1S/C10H12BrN3/c11-7-2-1-3-9(6-7)14-10(12)13-8-4-5-8/h1-3,6,8H,4-5H2,(H3,12,13,14). The van der Waals surface area contributed by atoms with E-state index in [0.717, 1.165) is 10.2 Å². The van der Waals surface area contributed by atoms with Gasteiger partial charge in [0.2, 0.25) is 0 Å². The van der Waals surface area contributed by atoms with Gasteiger partial charge in [-0.15, -0.1) is 0 Å². The number of nitrogens with two attached hydrogens (primary N) is 1. The van der Waals surface area contributed by atoms with Crippen LogP contribution in [-0.4, -0.2) is 12.0 Å². The lowest BCUT2D eigenvalue weighted by molar-refractivity contribution is 1.06. The van der Waals surface area contributed by atoms with Gasteiger partial charge >= 0.3 is 0 Å². The molecule has 0 bridgehead atoms. The summed E-state index contributed by atoms with van der Waals surface area (Å²) in [6.07, 6.45) is 2.34. The Morgan fingerprint density at radius 3 is 2.93 bits per heavy atom. The van der Waals surface area contributed by atoms with Crippen LogP contribution < -0.4 is 11.1 Å². The Morgan fingerprint density at radius 1 is 1.50 bits per heavy atom. The Morgan fingerprint density at radius 2 is 2.29 bits per heavy atom. The zero-order valence-electron chi connectivity index (χ0n) is 7.70. The fourth-order valence-corrected chi connectivity index (χ4v) is 1.55. The van der Waals surface area contributed by atoms with Crippen LogP contribution in [-0.2, 0) is 0 Å². The highest BCUT2D eigenvalue weighted by atomic mass is 79.9. The van der Waals surface area contributed by atoms with E-state index in [0.29, 0.717) is 12.0 Å². The van der Waals surface area contributed by atoms with Gasteiger partial charge < -0.3 is 11.1 Å². The average molecular weight is 254 g/mol. The molecule has 0 unspecified atom stereocenters. The highest BCUT2D eigenvalue weighted by molar-refractivity contribution is 9.10. The summed E-state index contributed by atoms with van der Waals surface area (Å²) in [5, 5.41) is 3.05. The van der Waals surface area contributed by atoms with Gasteiger partial charge in [0, 0.05) is 10.2 Å². The first-order chi connectivity index (χ1) is 6.74. The molecule has 0 heterocycles.